The van der Waals surface area contributed by atoms with Gasteiger partial charge < -0.3 is 5.11 Å². The van der Waals surface area contributed by atoms with Gasteiger partial charge in [0.2, 0.25) is 10.0 Å². The number of hydrogen-bond acceptors (Lipinski definition) is 3. The van der Waals surface area contributed by atoms with Crippen LogP contribution in [0, 0.1) is 17.8 Å². The molecule has 0 amide bonds. The van der Waals surface area contributed by atoms with Crippen molar-refractivity contribution in [3.05, 3.63) is 40.9 Å². The predicted octanol–water partition coefficient (Wildman–Crippen LogP) is 3.95. The molecule has 0 radical (unpaired) electrons. The number of carbonyl (C=O) groups is 1. The minimum Gasteiger partial charge on any atom is -0.481 e. The Bertz CT molecular complexity index is 775. The first kappa shape index (κ1) is 19.6. The fourth-order valence-electron chi connectivity index (χ4n) is 4.28. The van der Waals surface area contributed by atoms with Crippen LogP contribution < -0.4 is 4.72 Å². The van der Waals surface area contributed by atoms with Crippen molar-refractivity contribution in [2.75, 3.05) is 0 Å². The molecule has 2 fully saturated rings. The molecule has 0 saturated heterocycles. The minimum atomic E-state index is -3.51. The summed E-state index contributed by atoms with van der Waals surface area (Å²) in [5.41, 5.74) is 0. The van der Waals surface area contributed by atoms with Crippen LogP contribution in [-0.2, 0) is 14.8 Å². The van der Waals surface area contributed by atoms with Crippen molar-refractivity contribution >= 4 is 31.9 Å². The SMILES string of the molecule is O=C(O)CCCC=CC1CC2CC(NS(=O)(=O)c3ccc(Br)cc3)C1C2. The van der Waals surface area contributed by atoms with Gasteiger partial charge in [0, 0.05) is 16.9 Å². The maximum Gasteiger partial charge on any atom is 0.303 e. The highest BCUT2D eigenvalue weighted by Gasteiger charge is 2.46. The Labute approximate surface area is 163 Å². The van der Waals surface area contributed by atoms with Crippen LogP contribution in [0.3, 0.4) is 0 Å². The van der Waals surface area contributed by atoms with Gasteiger partial charge in [0.1, 0.15) is 0 Å². The van der Waals surface area contributed by atoms with Crippen LogP contribution in [0.5, 0.6) is 0 Å². The molecule has 4 unspecified atom stereocenters. The number of allylic oxidation sites excluding steroid dienone is 2. The first-order chi connectivity index (χ1) is 12.3. The van der Waals surface area contributed by atoms with Crippen LogP contribution in [0.4, 0.5) is 0 Å². The normalized spacial score (nSPS) is 28.0. The average molecular weight is 442 g/mol. The second-order valence-electron chi connectivity index (χ2n) is 7.30. The molecule has 26 heavy (non-hydrogen) atoms. The molecule has 2 saturated carbocycles. The van der Waals surface area contributed by atoms with Crippen LogP contribution in [0.2, 0.25) is 0 Å². The summed E-state index contributed by atoms with van der Waals surface area (Å²) < 4.78 is 29.1. The molecule has 0 spiro atoms. The zero-order valence-electron chi connectivity index (χ0n) is 14.5. The van der Waals surface area contributed by atoms with Crippen LogP contribution in [-0.4, -0.2) is 25.5 Å². The van der Waals surface area contributed by atoms with E-state index in [-0.39, 0.29) is 12.5 Å². The molecule has 2 bridgehead atoms. The van der Waals surface area contributed by atoms with E-state index >= 15 is 0 Å². The molecular weight excluding hydrogens is 418 g/mol. The zero-order chi connectivity index (χ0) is 18.7. The van der Waals surface area contributed by atoms with E-state index in [0.29, 0.717) is 29.1 Å². The molecule has 0 aromatic heterocycles. The van der Waals surface area contributed by atoms with E-state index in [4.69, 9.17) is 5.11 Å². The third-order valence-corrected chi connectivity index (χ3v) is 7.47. The van der Waals surface area contributed by atoms with Gasteiger partial charge in [-0.2, -0.15) is 0 Å². The van der Waals surface area contributed by atoms with E-state index in [1.807, 2.05) is 0 Å². The van der Waals surface area contributed by atoms with Crippen molar-refractivity contribution < 1.29 is 18.3 Å². The highest BCUT2D eigenvalue weighted by Crippen LogP contribution is 2.49. The molecule has 5 nitrogen and oxygen atoms in total. The van der Waals surface area contributed by atoms with Crippen molar-refractivity contribution in [1.29, 1.82) is 0 Å². The van der Waals surface area contributed by atoms with Gasteiger partial charge in [0.05, 0.1) is 4.90 Å². The molecule has 142 valence electrons. The third-order valence-electron chi connectivity index (χ3n) is 5.44. The van der Waals surface area contributed by atoms with Crippen molar-refractivity contribution in [2.45, 2.75) is 49.5 Å². The number of sulfonamides is 1. The van der Waals surface area contributed by atoms with E-state index in [2.05, 4.69) is 32.8 Å². The lowest BCUT2D eigenvalue weighted by Gasteiger charge is -2.28. The van der Waals surface area contributed by atoms with E-state index < -0.39 is 16.0 Å². The number of hydrogen-bond donors (Lipinski definition) is 2. The Morgan fingerprint density at radius 2 is 1.96 bits per heavy atom. The zero-order valence-corrected chi connectivity index (χ0v) is 16.9. The number of rotatable bonds is 8. The standard InChI is InChI=1S/C19H24BrNO4S/c20-15-6-8-16(9-7-15)26(24,25)21-18-12-13-10-14(17(18)11-13)4-2-1-3-5-19(22)23/h2,4,6-9,13-14,17-18,21H,1,3,5,10-12H2,(H,22,23). The Kier molecular flexibility index (Phi) is 6.20. The van der Waals surface area contributed by atoms with Crippen molar-refractivity contribution in [1.82, 2.24) is 4.72 Å². The predicted molar refractivity (Wildman–Crippen MR) is 103 cm³/mol. The van der Waals surface area contributed by atoms with Crippen molar-refractivity contribution in [3.63, 3.8) is 0 Å². The number of aliphatic carboxylic acids is 1. The maximum atomic E-state index is 12.6. The Hall–Kier alpha value is -1.18. The fourth-order valence-corrected chi connectivity index (χ4v) is 5.85. The monoisotopic (exact) mass is 441 g/mol. The van der Waals surface area contributed by atoms with Gasteiger partial charge in [-0.1, -0.05) is 28.1 Å². The first-order valence-electron chi connectivity index (χ1n) is 9.01. The minimum absolute atomic E-state index is 0.0175. The molecule has 7 heteroatoms. The molecule has 0 heterocycles. The van der Waals surface area contributed by atoms with Gasteiger partial charge >= 0.3 is 5.97 Å². The summed E-state index contributed by atoms with van der Waals surface area (Å²) >= 11 is 3.32. The van der Waals surface area contributed by atoms with Crippen LogP contribution in [0.15, 0.2) is 45.8 Å². The number of carboxylic acids is 1. The highest BCUT2D eigenvalue weighted by molar-refractivity contribution is 9.10. The van der Waals surface area contributed by atoms with Gasteiger partial charge in [-0.05, 0) is 74.1 Å². The summed E-state index contributed by atoms with van der Waals surface area (Å²) in [6.07, 6.45) is 8.91. The van der Waals surface area contributed by atoms with Gasteiger partial charge in [-0.15, -0.1) is 0 Å². The largest absolute Gasteiger partial charge is 0.481 e. The van der Waals surface area contributed by atoms with E-state index in [1.165, 1.54) is 0 Å². The van der Waals surface area contributed by atoms with Gasteiger partial charge in [-0.25, -0.2) is 13.1 Å². The molecule has 1 aromatic carbocycles. The van der Waals surface area contributed by atoms with Crippen molar-refractivity contribution in [2.24, 2.45) is 17.8 Å². The first-order valence-corrected chi connectivity index (χ1v) is 11.3. The fraction of sp³-hybridized carbons (Fsp3) is 0.526. The van der Waals surface area contributed by atoms with Gasteiger partial charge in [0.15, 0.2) is 0 Å². The topological polar surface area (TPSA) is 83.5 Å². The molecule has 0 aliphatic heterocycles. The second-order valence-corrected chi connectivity index (χ2v) is 9.93. The van der Waals surface area contributed by atoms with Crippen LogP contribution in [0.25, 0.3) is 0 Å². The second kappa shape index (κ2) is 8.23. The molecule has 1 aromatic rings. The molecule has 4 atom stereocenters. The molecule has 2 N–H and O–H groups in total. The lowest BCUT2D eigenvalue weighted by Crippen LogP contribution is -2.40. The Morgan fingerprint density at radius 3 is 2.62 bits per heavy atom. The molecule has 2 aliphatic rings. The number of fused-ring (bicyclic) bond motifs is 2. The number of nitrogens with one attached hydrogen (secondary N) is 1. The lowest BCUT2D eigenvalue weighted by atomic mass is 9.85. The van der Waals surface area contributed by atoms with E-state index in [0.717, 1.165) is 30.2 Å². The van der Waals surface area contributed by atoms with E-state index in [1.54, 1.807) is 24.3 Å². The summed E-state index contributed by atoms with van der Waals surface area (Å²) in [5, 5.41) is 8.67. The maximum absolute atomic E-state index is 12.6. The van der Waals surface area contributed by atoms with E-state index in [9.17, 15) is 13.2 Å². The quantitative estimate of drug-likeness (QED) is 0.472. The number of unbranched alkanes of at least 4 members (excludes halogenated alkanes) is 1. The molecule has 3 rings (SSSR count). The van der Waals surface area contributed by atoms with Gasteiger partial charge in [-0.3, -0.25) is 4.79 Å². The average Bonchev–Trinajstić information content (AvgIpc) is 3.14. The Balaban J connectivity index is 1.59. The molecular formula is C19H24BrNO4S. The number of benzene rings is 1. The number of halogens is 1. The number of carboxylic acid groups (broad SMARTS) is 1. The summed E-state index contributed by atoms with van der Waals surface area (Å²) in [7, 11) is -3.51. The van der Waals surface area contributed by atoms with Crippen LogP contribution in [0.1, 0.15) is 38.5 Å². The lowest BCUT2D eigenvalue weighted by molar-refractivity contribution is -0.137. The highest BCUT2D eigenvalue weighted by atomic mass is 79.9. The Morgan fingerprint density at radius 1 is 1.23 bits per heavy atom. The summed E-state index contributed by atoms with van der Waals surface area (Å²) in [6.45, 7) is 0. The third kappa shape index (κ3) is 4.75. The van der Waals surface area contributed by atoms with Crippen molar-refractivity contribution in [3.8, 4) is 0 Å². The van der Waals surface area contributed by atoms with Gasteiger partial charge in [0.25, 0.3) is 0 Å². The molecule has 2 aliphatic carbocycles. The summed E-state index contributed by atoms with van der Waals surface area (Å²) in [5.74, 6) is 0.532. The summed E-state index contributed by atoms with van der Waals surface area (Å²) in [4.78, 5) is 10.8. The van der Waals surface area contributed by atoms with Crippen LogP contribution >= 0.6 is 15.9 Å². The smallest absolute Gasteiger partial charge is 0.303 e. The summed E-state index contributed by atoms with van der Waals surface area (Å²) in [6, 6.07) is 6.67.